The van der Waals surface area contributed by atoms with Crippen LogP contribution in [-0.4, -0.2) is 57.0 Å². The van der Waals surface area contributed by atoms with E-state index in [0.29, 0.717) is 34.4 Å². The van der Waals surface area contributed by atoms with E-state index in [-0.39, 0.29) is 24.9 Å². The molecule has 2 aliphatic heterocycles. The Labute approximate surface area is 231 Å². The molecule has 4 aromatic rings. The van der Waals surface area contributed by atoms with Crippen molar-refractivity contribution in [2.45, 2.75) is 32.5 Å². The van der Waals surface area contributed by atoms with Gasteiger partial charge in [0.2, 0.25) is 18.1 Å². The third-order valence-corrected chi connectivity index (χ3v) is 7.27. The van der Waals surface area contributed by atoms with E-state index in [4.69, 9.17) is 19.4 Å². The van der Waals surface area contributed by atoms with Crippen LogP contribution in [-0.2, 0) is 14.3 Å². The lowest BCUT2D eigenvalue weighted by Crippen LogP contribution is -2.51. The highest BCUT2D eigenvalue weighted by Gasteiger charge is 2.43. The summed E-state index contributed by atoms with van der Waals surface area (Å²) in [7, 11) is 0. The number of hydrogen-bond acceptors (Lipinski definition) is 7. The third kappa shape index (κ3) is 5.45. The van der Waals surface area contributed by atoms with Crippen LogP contribution in [0.2, 0.25) is 0 Å². The predicted octanol–water partition coefficient (Wildman–Crippen LogP) is 5.48. The summed E-state index contributed by atoms with van der Waals surface area (Å²) < 4.78 is 25.9. The van der Waals surface area contributed by atoms with Gasteiger partial charge in [-0.3, -0.25) is 4.79 Å². The monoisotopic (exact) mass is 542 g/mol. The molecule has 2 aromatic heterocycles. The zero-order valence-electron chi connectivity index (χ0n) is 22.3. The van der Waals surface area contributed by atoms with Crippen molar-refractivity contribution in [2.24, 2.45) is 5.41 Å². The molecule has 40 heavy (non-hydrogen) atoms. The number of aromatic amines is 1. The van der Waals surface area contributed by atoms with Crippen LogP contribution in [0.4, 0.5) is 16.0 Å². The van der Waals surface area contributed by atoms with Gasteiger partial charge in [0, 0.05) is 30.5 Å². The van der Waals surface area contributed by atoms with E-state index in [2.05, 4.69) is 15.3 Å². The van der Waals surface area contributed by atoms with Gasteiger partial charge < -0.3 is 24.7 Å². The molecule has 206 valence electrons. The van der Waals surface area contributed by atoms with Gasteiger partial charge in [0.05, 0.1) is 35.7 Å². The second-order valence-electron chi connectivity index (χ2n) is 10.5. The molecule has 2 fully saturated rings. The first kappa shape index (κ1) is 26.1. The van der Waals surface area contributed by atoms with Crippen molar-refractivity contribution in [2.75, 3.05) is 31.6 Å². The van der Waals surface area contributed by atoms with Crippen LogP contribution in [0, 0.1) is 11.2 Å². The van der Waals surface area contributed by atoms with E-state index in [1.54, 1.807) is 24.4 Å². The molecule has 9 nitrogen and oxygen atoms in total. The molecule has 0 unspecified atom stereocenters. The van der Waals surface area contributed by atoms with Crippen molar-refractivity contribution in [3.63, 3.8) is 0 Å². The van der Waals surface area contributed by atoms with E-state index in [9.17, 15) is 9.18 Å². The number of anilines is 2. The summed E-state index contributed by atoms with van der Waals surface area (Å²) in [6.45, 7) is 3.88. The number of halogens is 1. The van der Waals surface area contributed by atoms with Crippen molar-refractivity contribution < 1.29 is 18.7 Å². The molecule has 2 aromatic carbocycles. The zero-order chi connectivity index (χ0) is 27.5. The first-order chi connectivity index (χ1) is 19.5. The standard InChI is InChI=1S/C30H31FN6O3/c1-30(28(38)37-16-6-3-7-17-37)18-39-27(40-19-30)26-35-24(20-10-12-21(31)13-11-20)25(36-26)23-14-15-32-29(34-23)33-22-8-4-2-5-9-22/h2,4-5,8-15,27H,3,6-7,16-19H2,1H3,(H,35,36)(H,32,33,34). The van der Waals surface area contributed by atoms with Gasteiger partial charge in [-0.05, 0) is 68.7 Å². The summed E-state index contributed by atoms with van der Waals surface area (Å²) in [5, 5.41) is 3.21. The molecule has 0 saturated carbocycles. The summed E-state index contributed by atoms with van der Waals surface area (Å²) in [5.74, 6) is 0.589. The molecule has 0 atom stereocenters. The van der Waals surface area contributed by atoms with Gasteiger partial charge in [-0.25, -0.2) is 19.3 Å². The molecule has 2 saturated heterocycles. The maximum absolute atomic E-state index is 13.7. The van der Waals surface area contributed by atoms with Crippen molar-refractivity contribution in [1.29, 1.82) is 0 Å². The van der Waals surface area contributed by atoms with Gasteiger partial charge in [0.15, 0.2) is 5.82 Å². The number of piperidine rings is 1. The lowest BCUT2D eigenvalue weighted by Gasteiger charge is -2.40. The molecule has 0 bridgehead atoms. The van der Waals surface area contributed by atoms with E-state index in [1.807, 2.05) is 42.2 Å². The molecule has 1 amide bonds. The fraction of sp³-hybridized carbons (Fsp3) is 0.333. The van der Waals surface area contributed by atoms with Crippen LogP contribution >= 0.6 is 0 Å². The van der Waals surface area contributed by atoms with Crippen LogP contribution in [0.5, 0.6) is 0 Å². The largest absolute Gasteiger partial charge is 0.345 e. The number of rotatable bonds is 6. The molecule has 6 rings (SSSR count). The highest BCUT2D eigenvalue weighted by Crippen LogP contribution is 2.36. The minimum atomic E-state index is -0.793. The third-order valence-electron chi connectivity index (χ3n) is 7.27. The van der Waals surface area contributed by atoms with E-state index < -0.39 is 11.7 Å². The number of carbonyl (C=O) groups is 1. The molecule has 4 heterocycles. The zero-order valence-corrected chi connectivity index (χ0v) is 22.3. The number of imidazole rings is 1. The van der Waals surface area contributed by atoms with Gasteiger partial charge >= 0.3 is 0 Å². The fourth-order valence-electron chi connectivity index (χ4n) is 5.08. The first-order valence-electron chi connectivity index (χ1n) is 13.5. The number of nitrogens with zero attached hydrogens (tertiary/aromatic N) is 4. The van der Waals surface area contributed by atoms with Crippen LogP contribution in [0.25, 0.3) is 22.6 Å². The average molecular weight is 543 g/mol. The Morgan fingerprint density at radius 1 is 1.00 bits per heavy atom. The summed E-state index contributed by atoms with van der Waals surface area (Å²) in [4.78, 5) is 32.3. The van der Waals surface area contributed by atoms with Crippen LogP contribution in [0.3, 0.4) is 0 Å². The Balaban J connectivity index is 1.27. The molecule has 2 N–H and O–H groups in total. The number of para-hydroxylation sites is 1. The van der Waals surface area contributed by atoms with Crippen molar-refractivity contribution in [3.05, 3.63) is 78.5 Å². The smallest absolute Gasteiger partial charge is 0.233 e. The maximum Gasteiger partial charge on any atom is 0.233 e. The summed E-state index contributed by atoms with van der Waals surface area (Å²) in [6, 6.07) is 17.5. The normalized spacial score (nSPS) is 21.2. The second-order valence-corrected chi connectivity index (χ2v) is 10.5. The lowest BCUT2D eigenvalue weighted by atomic mass is 9.89. The highest BCUT2D eigenvalue weighted by atomic mass is 19.1. The second kappa shape index (κ2) is 11.1. The van der Waals surface area contributed by atoms with Gasteiger partial charge in [-0.1, -0.05) is 18.2 Å². The Morgan fingerprint density at radius 2 is 1.73 bits per heavy atom. The molecule has 10 heteroatoms. The molecule has 2 aliphatic rings. The van der Waals surface area contributed by atoms with Crippen LogP contribution < -0.4 is 5.32 Å². The number of amides is 1. The van der Waals surface area contributed by atoms with Gasteiger partial charge in [-0.2, -0.15) is 0 Å². The number of likely N-dealkylation sites (tertiary alicyclic amines) is 1. The van der Waals surface area contributed by atoms with Gasteiger partial charge in [0.25, 0.3) is 0 Å². The molecule has 0 aliphatic carbocycles. The number of carbonyl (C=O) groups excluding carboxylic acids is 1. The average Bonchev–Trinajstić information content (AvgIpc) is 3.44. The highest BCUT2D eigenvalue weighted by molar-refractivity contribution is 5.83. The fourth-order valence-corrected chi connectivity index (χ4v) is 5.08. The summed E-state index contributed by atoms with van der Waals surface area (Å²) in [5.41, 5.74) is 2.58. The van der Waals surface area contributed by atoms with Crippen molar-refractivity contribution in [1.82, 2.24) is 24.8 Å². The first-order valence-corrected chi connectivity index (χ1v) is 13.5. The molecule has 0 spiro atoms. The van der Waals surface area contributed by atoms with Crippen molar-refractivity contribution >= 4 is 17.5 Å². The topological polar surface area (TPSA) is 105 Å². The number of nitrogens with one attached hydrogen (secondary N) is 2. The molecule has 0 radical (unpaired) electrons. The Morgan fingerprint density at radius 3 is 2.45 bits per heavy atom. The Hall–Kier alpha value is -4.15. The summed E-state index contributed by atoms with van der Waals surface area (Å²) >= 11 is 0. The number of aromatic nitrogens is 4. The van der Waals surface area contributed by atoms with E-state index in [1.165, 1.54) is 12.1 Å². The minimum Gasteiger partial charge on any atom is -0.345 e. The summed E-state index contributed by atoms with van der Waals surface area (Å²) in [6.07, 6.45) is 4.08. The lowest BCUT2D eigenvalue weighted by molar-refractivity contribution is -0.234. The predicted molar refractivity (Wildman–Crippen MR) is 148 cm³/mol. The minimum absolute atomic E-state index is 0.0669. The molecular formula is C30H31FN6O3. The quantitative estimate of drug-likeness (QED) is 0.332. The Bertz CT molecular complexity index is 1460. The maximum atomic E-state index is 13.7. The Kier molecular flexibility index (Phi) is 7.27. The number of hydrogen-bond donors (Lipinski definition) is 2. The number of benzene rings is 2. The van der Waals surface area contributed by atoms with Gasteiger partial charge in [-0.15, -0.1) is 0 Å². The molecular weight excluding hydrogens is 511 g/mol. The SMILES string of the molecule is CC1(C(=O)N2CCCCC2)COC(c2nc(-c3ccc(F)cc3)c(-c3ccnc(Nc4ccccc4)n3)[nH]2)OC1. The number of ether oxygens (including phenoxy) is 2. The van der Waals surface area contributed by atoms with E-state index >= 15 is 0 Å². The van der Waals surface area contributed by atoms with E-state index in [0.717, 1.165) is 38.0 Å². The number of H-pyrrole nitrogens is 1. The van der Waals surface area contributed by atoms with Crippen LogP contribution in [0.1, 0.15) is 38.3 Å². The van der Waals surface area contributed by atoms with Gasteiger partial charge in [0.1, 0.15) is 5.82 Å². The van der Waals surface area contributed by atoms with Crippen molar-refractivity contribution in [3.8, 4) is 22.6 Å². The van der Waals surface area contributed by atoms with Crippen LogP contribution in [0.15, 0.2) is 66.9 Å².